The number of hydrogen-bond acceptors (Lipinski definition) is 8. The van der Waals surface area contributed by atoms with Gasteiger partial charge in [-0.1, -0.05) is 35.0 Å². The van der Waals surface area contributed by atoms with E-state index in [1.807, 2.05) is 31.2 Å². The van der Waals surface area contributed by atoms with E-state index in [0.717, 1.165) is 17.2 Å². The minimum Gasteiger partial charge on any atom is -0.461 e. The second kappa shape index (κ2) is 8.95. The smallest absolute Gasteiger partial charge is 0.306 e. The number of nitrogens with zero attached hydrogens (tertiary/aromatic N) is 3. The van der Waals surface area contributed by atoms with Gasteiger partial charge in [-0.05, 0) is 19.1 Å². The monoisotopic (exact) mass is 410 g/mol. The van der Waals surface area contributed by atoms with Crippen LogP contribution < -0.4 is 5.73 Å². The lowest BCUT2D eigenvalue weighted by Crippen LogP contribution is -2.12. The van der Waals surface area contributed by atoms with Crippen molar-refractivity contribution in [3.05, 3.63) is 75.2 Å². The van der Waals surface area contributed by atoms with Gasteiger partial charge < -0.3 is 15.0 Å². The van der Waals surface area contributed by atoms with Gasteiger partial charge in [-0.25, -0.2) is 0 Å². The minimum atomic E-state index is -0.786. The van der Waals surface area contributed by atoms with Gasteiger partial charge >= 0.3 is 5.97 Å². The van der Waals surface area contributed by atoms with Crippen LogP contribution in [0.3, 0.4) is 0 Å². The van der Waals surface area contributed by atoms with E-state index in [0.29, 0.717) is 5.82 Å². The average molecular weight is 410 g/mol. The van der Waals surface area contributed by atoms with Crippen LogP contribution in [-0.2, 0) is 22.6 Å². The number of benzene rings is 2. The number of amides is 1. The van der Waals surface area contributed by atoms with E-state index in [9.17, 15) is 19.7 Å². The van der Waals surface area contributed by atoms with Gasteiger partial charge in [-0.3, -0.25) is 19.7 Å². The van der Waals surface area contributed by atoms with Crippen molar-refractivity contribution in [2.24, 2.45) is 5.73 Å². The SMILES string of the molecule is Cc1ccc(-c2noc(CCC(=O)OCc3ccc(C(N)=O)cc3[N+](=O)[O-])n2)cc1. The Kier molecular flexibility index (Phi) is 6.16. The third kappa shape index (κ3) is 5.04. The summed E-state index contributed by atoms with van der Waals surface area (Å²) in [6, 6.07) is 11.3. The van der Waals surface area contributed by atoms with E-state index in [2.05, 4.69) is 10.1 Å². The average Bonchev–Trinajstić information content (AvgIpc) is 3.20. The molecule has 0 fully saturated rings. The Morgan fingerprint density at radius 1 is 1.20 bits per heavy atom. The van der Waals surface area contributed by atoms with E-state index in [1.165, 1.54) is 12.1 Å². The first-order chi connectivity index (χ1) is 14.3. The van der Waals surface area contributed by atoms with E-state index in [-0.39, 0.29) is 42.2 Å². The van der Waals surface area contributed by atoms with Crippen LogP contribution in [0.2, 0.25) is 0 Å². The summed E-state index contributed by atoms with van der Waals surface area (Å²) < 4.78 is 10.2. The molecule has 1 amide bonds. The largest absolute Gasteiger partial charge is 0.461 e. The van der Waals surface area contributed by atoms with Crippen LogP contribution in [-0.4, -0.2) is 26.9 Å². The van der Waals surface area contributed by atoms with Gasteiger partial charge in [0.2, 0.25) is 17.6 Å². The Morgan fingerprint density at radius 2 is 1.93 bits per heavy atom. The van der Waals surface area contributed by atoms with E-state index in [1.54, 1.807) is 0 Å². The molecule has 0 spiro atoms. The maximum atomic E-state index is 12.0. The summed E-state index contributed by atoms with van der Waals surface area (Å²) in [6.45, 7) is 1.66. The molecule has 0 aliphatic rings. The van der Waals surface area contributed by atoms with Crippen molar-refractivity contribution in [2.45, 2.75) is 26.4 Å². The standard InChI is InChI=1S/C20H18N4O6/c1-12-2-4-13(5-3-12)20-22-17(30-23-20)8-9-18(25)29-11-15-7-6-14(19(21)26)10-16(15)24(27)28/h2-7,10H,8-9,11H2,1H3,(H2,21,26). The molecule has 10 nitrogen and oxygen atoms in total. The summed E-state index contributed by atoms with van der Waals surface area (Å²) in [4.78, 5) is 37.9. The molecule has 2 aromatic carbocycles. The summed E-state index contributed by atoms with van der Waals surface area (Å²) in [7, 11) is 0. The molecule has 3 rings (SSSR count). The Balaban J connectivity index is 1.56. The molecule has 0 atom stereocenters. The van der Waals surface area contributed by atoms with Crippen LogP contribution in [0, 0.1) is 17.0 Å². The second-order valence-electron chi connectivity index (χ2n) is 6.50. The first-order valence-electron chi connectivity index (χ1n) is 8.96. The fraction of sp³-hybridized carbons (Fsp3) is 0.200. The normalized spacial score (nSPS) is 10.6. The fourth-order valence-corrected chi connectivity index (χ4v) is 2.62. The van der Waals surface area contributed by atoms with Gasteiger partial charge in [0.1, 0.15) is 6.61 Å². The molecule has 0 aliphatic heterocycles. The molecule has 154 valence electrons. The summed E-state index contributed by atoms with van der Waals surface area (Å²) in [5.74, 6) is -0.674. The molecular formula is C20H18N4O6. The van der Waals surface area contributed by atoms with Gasteiger partial charge in [-0.2, -0.15) is 4.98 Å². The molecule has 0 saturated heterocycles. The summed E-state index contributed by atoms with van der Waals surface area (Å²) in [5, 5.41) is 15.1. The molecule has 0 bridgehead atoms. The Bertz CT molecular complexity index is 1090. The number of nitrogens with two attached hydrogens (primary N) is 1. The van der Waals surface area contributed by atoms with Crippen molar-refractivity contribution in [3.63, 3.8) is 0 Å². The highest BCUT2D eigenvalue weighted by molar-refractivity contribution is 5.93. The first-order valence-corrected chi connectivity index (χ1v) is 8.96. The zero-order valence-electron chi connectivity index (χ0n) is 16.0. The maximum absolute atomic E-state index is 12.0. The second-order valence-corrected chi connectivity index (χ2v) is 6.50. The lowest BCUT2D eigenvalue weighted by Gasteiger charge is -2.06. The number of primary amides is 1. The molecule has 0 unspecified atom stereocenters. The first kappa shape index (κ1) is 20.6. The quantitative estimate of drug-likeness (QED) is 0.338. The molecule has 10 heteroatoms. The van der Waals surface area contributed by atoms with Crippen molar-refractivity contribution in [1.82, 2.24) is 10.1 Å². The maximum Gasteiger partial charge on any atom is 0.306 e. The predicted octanol–water partition coefficient (Wildman–Crippen LogP) is 2.73. The van der Waals surface area contributed by atoms with Crippen molar-refractivity contribution in [2.75, 3.05) is 0 Å². The molecule has 0 radical (unpaired) electrons. The van der Waals surface area contributed by atoms with Crippen molar-refractivity contribution < 1.29 is 23.8 Å². The van der Waals surface area contributed by atoms with Gasteiger partial charge in [0.15, 0.2) is 0 Å². The zero-order chi connectivity index (χ0) is 21.7. The minimum absolute atomic E-state index is 0.00227. The number of carbonyl (C=O) groups excluding carboxylic acids is 2. The third-order valence-electron chi connectivity index (χ3n) is 4.28. The Labute approximate surface area is 170 Å². The zero-order valence-corrected chi connectivity index (χ0v) is 16.0. The van der Waals surface area contributed by atoms with E-state index < -0.39 is 16.8 Å². The number of esters is 1. The van der Waals surface area contributed by atoms with Crippen LogP contribution >= 0.6 is 0 Å². The number of hydrogen-bond donors (Lipinski definition) is 1. The predicted molar refractivity (Wildman–Crippen MR) is 104 cm³/mol. The summed E-state index contributed by atoms with van der Waals surface area (Å²) in [5.41, 5.74) is 6.83. The highest BCUT2D eigenvalue weighted by atomic mass is 16.6. The molecule has 1 aromatic heterocycles. The number of ether oxygens (including phenoxy) is 1. The van der Waals surface area contributed by atoms with Crippen LogP contribution in [0.1, 0.15) is 33.8 Å². The molecule has 30 heavy (non-hydrogen) atoms. The molecule has 0 aliphatic carbocycles. The van der Waals surface area contributed by atoms with Crippen molar-refractivity contribution in [1.29, 1.82) is 0 Å². The van der Waals surface area contributed by atoms with Crippen LogP contribution in [0.5, 0.6) is 0 Å². The third-order valence-corrected chi connectivity index (χ3v) is 4.28. The van der Waals surface area contributed by atoms with Crippen LogP contribution in [0.15, 0.2) is 47.0 Å². The molecule has 2 N–H and O–H groups in total. The molecular weight excluding hydrogens is 392 g/mol. The van der Waals surface area contributed by atoms with Crippen LogP contribution in [0.25, 0.3) is 11.4 Å². The number of rotatable bonds is 8. The highest BCUT2D eigenvalue weighted by Gasteiger charge is 2.18. The number of carbonyl (C=O) groups is 2. The fourth-order valence-electron chi connectivity index (χ4n) is 2.62. The Morgan fingerprint density at radius 3 is 2.60 bits per heavy atom. The molecule has 1 heterocycles. The van der Waals surface area contributed by atoms with Gasteiger partial charge in [-0.15, -0.1) is 0 Å². The number of nitro groups is 1. The van der Waals surface area contributed by atoms with Gasteiger partial charge in [0.05, 0.1) is 16.9 Å². The van der Waals surface area contributed by atoms with E-state index >= 15 is 0 Å². The van der Waals surface area contributed by atoms with Crippen molar-refractivity contribution in [3.8, 4) is 11.4 Å². The van der Waals surface area contributed by atoms with E-state index in [4.69, 9.17) is 15.0 Å². The lowest BCUT2D eigenvalue weighted by molar-refractivity contribution is -0.385. The highest BCUT2D eigenvalue weighted by Crippen LogP contribution is 2.22. The summed E-state index contributed by atoms with van der Waals surface area (Å²) in [6.07, 6.45) is 0.128. The molecule has 0 saturated carbocycles. The topological polar surface area (TPSA) is 151 Å². The number of aromatic nitrogens is 2. The van der Waals surface area contributed by atoms with Crippen LogP contribution in [0.4, 0.5) is 5.69 Å². The lowest BCUT2D eigenvalue weighted by atomic mass is 10.1. The summed E-state index contributed by atoms with van der Waals surface area (Å²) >= 11 is 0. The number of nitro benzene ring substituents is 1. The number of aryl methyl sites for hydroxylation is 2. The van der Waals surface area contributed by atoms with Crippen molar-refractivity contribution >= 4 is 17.6 Å². The Hall–Kier alpha value is -4.08. The van der Waals surface area contributed by atoms with Gasteiger partial charge in [0, 0.05) is 23.6 Å². The molecule has 3 aromatic rings. The van der Waals surface area contributed by atoms with Gasteiger partial charge in [0.25, 0.3) is 5.69 Å².